The van der Waals surface area contributed by atoms with Crippen molar-refractivity contribution >= 4 is 34.3 Å². The van der Waals surface area contributed by atoms with Crippen molar-refractivity contribution < 1.29 is 19.7 Å². The molecular weight excluding hydrogens is 458 g/mol. The second-order valence-electron chi connectivity index (χ2n) is 7.94. The van der Waals surface area contributed by atoms with Gasteiger partial charge in [0.15, 0.2) is 0 Å². The number of aromatic nitrogens is 2. The minimum absolute atomic E-state index is 0.0302. The molecule has 0 saturated heterocycles. The molecule has 0 bridgehead atoms. The SMILES string of the molecule is Cn1c(=O)n(C)c2cc(C(O)COc3ccccc3CNc3ccc(C(=O)O)c(Cl)c3)ccc21. The highest BCUT2D eigenvalue weighted by molar-refractivity contribution is 6.33. The van der Waals surface area contributed by atoms with Gasteiger partial charge in [-0.2, -0.15) is 0 Å². The number of fused-ring (bicyclic) bond motifs is 1. The summed E-state index contributed by atoms with van der Waals surface area (Å²) in [6.45, 7) is 0.440. The molecule has 1 atom stereocenters. The van der Waals surface area contributed by atoms with E-state index in [0.717, 1.165) is 16.6 Å². The molecule has 0 saturated carbocycles. The molecule has 176 valence electrons. The summed E-state index contributed by atoms with van der Waals surface area (Å²) >= 11 is 6.04. The number of nitrogens with one attached hydrogen (secondary N) is 1. The standard InChI is InChI=1S/C25H24ClN3O5/c1-28-20-10-7-15(11-21(20)29(2)25(28)33)22(30)14-34-23-6-4-3-5-16(23)13-27-17-8-9-18(24(31)32)19(26)12-17/h3-12,22,27,30H,13-14H2,1-2H3,(H,31,32). The molecule has 1 heterocycles. The van der Waals surface area contributed by atoms with Gasteiger partial charge in [0, 0.05) is 31.9 Å². The van der Waals surface area contributed by atoms with Gasteiger partial charge in [0.25, 0.3) is 0 Å². The largest absolute Gasteiger partial charge is 0.490 e. The number of benzene rings is 3. The summed E-state index contributed by atoms with van der Waals surface area (Å²) in [7, 11) is 3.41. The Bertz CT molecular complexity index is 1430. The Hall–Kier alpha value is -3.75. The van der Waals surface area contributed by atoms with Crippen LogP contribution in [0.3, 0.4) is 0 Å². The van der Waals surface area contributed by atoms with Crippen molar-refractivity contribution in [2.24, 2.45) is 14.1 Å². The first-order valence-corrected chi connectivity index (χ1v) is 10.9. The summed E-state index contributed by atoms with van der Waals surface area (Å²) in [6, 6.07) is 17.5. The molecule has 0 aliphatic carbocycles. The number of imidazole rings is 1. The number of hydrogen-bond acceptors (Lipinski definition) is 5. The van der Waals surface area contributed by atoms with Gasteiger partial charge in [-0.05, 0) is 42.0 Å². The molecule has 0 amide bonds. The van der Waals surface area contributed by atoms with E-state index in [1.165, 1.54) is 6.07 Å². The van der Waals surface area contributed by atoms with Gasteiger partial charge in [-0.25, -0.2) is 9.59 Å². The second-order valence-corrected chi connectivity index (χ2v) is 8.34. The topological polar surface area (TPSA) is 106 Å². The van der Waals surface area contributed by atoms with Gasteiger partial charge < -0.3 is 20.3 Å². The number of aryl methyl sites for hydroxylation is 2. The van der Waals surface area contributed by atoms with Crippen LogP contribution >= 0.6 is 11.6 Å². The van der Waals surface area contributed by atoms with Gasteiger partial charge in [0.1, 0.15) is 18.5 Å². The minimum atomic E-state index is -1.08. The fraction of sp³-hybridized carbons (Fsp3) is 0.200. The molecule has 0 spiro atoms. The van der Waals surface area contributed by atoms with Crippen molar-refractivity contribution in [1.29, 1.82) is 0 Å². The number of aliphatic hydroxyl groups excluding tert-OH is 1. The zero-order valence-corrected chi connectivity index (χ0v) is 19.4. The summed E-state index contributed by atoms with van der Waals surface area (Å²) < 4.78 is 9.03. The van der Waals surface area contributed by atoms with Crippen LogP contribution in [0.4, 0.5) is 5.69 Å². The maximum Gasteiger partial charge on any atom is 0.337 e. The molecule has 4 aromatic rings. The van der Waals surface area contributed by atoms with E-state index in [2.05, 4.69) is 5.32 Å². The lowest BCUT2D eigenvalue weighted by Gasteiger charge is -2.16. The van der Waals surface area contributed by atoms with Crippen molar-refractivity contribution in [2.75, 3.05) is 11.9 Å². The normalized spacial score (nSPS) is 12.0. The lowest BCUT2D eigenvalue weighted by molar-refractivity contribution is 0.0697. The number of rotatable bonds is 8. The number of hydrogen-bond donors (Lipinski definition) is 3. The second kappa shape index (κ2) is 9.62. The van der Waals surface area contributed by atoms with Gasteiger partial charge in [0.2, 0.25) is 0 Å². The van der Waals surface area contributed by atoms with E-state index >= 15 is 0 Å². The highest BCUT2D eigenvalue weighted by atomic mass is 35.5. The van der Waals surface area contributed by atoms with Crippen LogP contribution in [-0.2, 0) is 20.6 Å². The average molecular weight is 482 g/mol. The maximum absolute atomic E-state index is 12.1. The average Bonchev–Trinajstić information content (AvgIpc) is 3.05. The smallest absolute Gasteiger partial charge is 0.337 e. The summed E-state index contributed by atoms with van der Waals surface area (Å²) in [5.74, 6) is -0.474. The first kappa shape index (κ1) is 23.4. The first-order valence-electron chi connectivity index (χ1n) is 10.6. The number of nitrogens with zero attached hydrogens (tertiary/aromatic N) is 2. The molecule has 0 fully saturated rings. The number of carbonyl (C=O) groups is 1. The van der Waals surface area contributed by atoms with Crippen molar-refractivity contribution in [3.05, 3.63) is 92.9 Å². The monoisotopic (exact) mass is 481 g/mol. The molecule has 3 aromatic carbocycles. The Morgan fingerprint density at radius 1 is 1.06 bits per heavy atom. The van der Waals surface area contributed by atoms with E-state index in [-0.39, 0.29) is 22.9 Å². The highest BCUT2D eigenvalue weighted by Crippen LogP contribution is 2.25. The summed E-state index contributed by atoms with van der Waals surface area (Å²) in [4.78, 5) is 23.3. The third kappa shape index (κ3) is 4.64. The van der Waals surface area contributed by atoms with Gasteiger partial charge >= 0.3 is 11.7 Å². The zero-order valence-electron chi connectivity index (χ0n) is 18.7. The Morgan fingerprint density at radius 3 is 2.53 bits per heavy atom. The number of anilines is 1. The van der Waals surface area contributed by atoms with E-state index in [4.69, 9.17) is 21.4 Å². The van der Waals surface area contributed by atoms with E-state index < -0.39 is 12.1 Å². The van der Waals surface area contributed by atoms with E-state index in [9.17, 15) is 14.7 Å². The van der Waals surface area contributed by atoms with Crippen LogP contribution in [0.2, 0.25) is 5.02 Å². The predicted molar refractivity (Wildman–Crippen MR) is 131 cm³/mol. The molecule has 3 N–H and O–H groups in total. The molecule has 0 aliphatic heterocycles. The van der Waals surface area contributed by atoms with E-state index in [1.807, 2.05) is 30.3 Å². The third-order valence-electron chi connectivity index (χ3n) is 5.73. The van der Waals surface area contributed by atoms with Crippen LogP contribution in [0.1, 0.15) is 27.6 Å². The fourth-order valence-corrected chi connectivity index (χ4v) is 4.04. The molecule has 8 nitrogen and oxygen atoms in total. The Kier molecular flexibility index (Phi) is 6.63. The maximum atomic E-state index is 12.1. The molecule has 0 radical (unpaired) electrons. The molecule has 1 aromatic heterocycles. The predicted octanol–water partition coefficient (Wildman–Crippen LogP) is 3.95. The van der Waals surface area contributed by atoms with Crippen LogP contribution in [0, 0.1) is 0 Å². The first-order chi connectivity index (χ1) is 16.3. The van der Waals surface area contributed by atoms with E-state index in [0.29, 0.717) is 23.5 Å². The number of aromatic carboxylic acids is 1. The number of halogens is 1. The quantitative estimate of drug-likeness (QED) is 0.352. The molecular formula is C25H24ClN3O5. The Morgan fingerprint density at radius 2 is 1.79 bits per heavy atom. The Balaban J connectivity index is 1.45. The molecule has 0 aliphatic rings. The van der Waals surface area contributed by atoms with Crippen LogP contribution in [0.25, 0.3) is 11.0 Å². The fourth-order valence-electron chi connectivity index (χ4n) is 3.78. The van der Waals surface area contributed by atoms with Crippen molar-refractivity contribution in [1.82, 2.24) is 9.13 Å². The minimum Gasteiger partial charge on any atom is -0.490 e. The summed E-state index contributed by atoms with van der Waals surface area (Å²) in [6.07, 6.45) is -0.886. The Labute approximate surface area is 200 Å². The van der Waals surface area contributed by atoms with Crippen LogP contribution in [0.5, 0.6) is 5.75 Å². The van der Waals surface area contributed by atoms with Crippen molar-refractivity contribution in [3.8, 4) is 5.75 Å². The molecule has 1 unspecified atom stereocenters. The summed E-state index contributed by atoms with van der Waals surface area (Å²) in [5.41, 5.74) is 3.62. The van der Waals surface area contributed by atoms with Crippen LogP contribution in [-0.4, -0.2) is 31.9 Å². The van der Waals surface area contributed by atoms with Gasteiger partial charge in [0.05, 0.1) is 21.6 Å². The molecule has 9 heteroatoms. The van der Waals surface area contributed by atoms with Crippen LogP contribution in [0.15, 0.2) is 65.5 Å². The summed E-state index contributed by atoms with van der Waals surface area (Å²) in [5, 5.41) is 23.2. The van der Waals surface area contributed by atoms with Gasteiger partial charge in [-0.15, -0.1) is 0 Å². The van der Waals surface area contributed by atoms with Crippen molar-refractivity contribution in [2.45, 2.75) is 12.6 Å². The number of carboxylic acid groups (broad SMARTS) is 1. The number of ether oxygens (including phenoxy) is 1. The lowest BCUT2D eigenvalue weighted by Crippen LogP contribution is -2.19. The van der Waals surface area contributed by atoms with Gasteiger partial charge in [-0.1, -0.05) is 35.9 Å². The lowest BCUT2D eigenvalue weighted by atomic mass is 10.1. The van der Waals surface area contributed by atoms with Crippen molar-refractivity contribution in [3.63, 3.8) is 0 Å². The highest BCUT2D eigenvalue weighted by Gasteiger charge is 2.15. The van der Waals surface area contributed by atoms with Crippen LogP contribution < -0.4 is 15.7 Å². The third-order valence-corrected chi connectivity index (χ3v) is 6.05. The zero-order chi connectivity index (χ0) is 24.4. The number of para-hydroxylation sites is 1. The van der Waals surface area contributed by atoms with Gasteiger partial charge in [-0.3, -0.25) is 9.13 Å². The van der Waals surface area contributed by atoms with E-state index in [1.54, 1.807) is 47.5 Å². The number of carboxylic acids is 1. The molecule has 4 rings (SSSR count). The number of aliphatic hydroxyl groups is 1. The molecule has 34 heavy (non-hydrogen) atoms.